The number of benzene rings is 1. The summed E-state index contributed by atoms with van der Waals surface area (Å²) in [6, 6.07) is 12.8. The van der Waals surface area contributed by atoms with Crippen LogP contribution in [0.2, 0.25) is 0 Å². The summed E-state index contributed by atoms with van der Waals surface area (Å²) in [5.41, 5.74) is 9.20. The maximum atomic E-state index is 11.6. The first-order valence-corrected chi connectivity index (χ1v) is 11.2. The van der Waals surface area contributed by atoms with Crippen molar-refractivity contribution in [1.82, 2.24) is 19.7 Å². The lowest BCUT2D eigenvalue weighted by Crippen LogP contribution is -2.40. The van der Waals surface area contributed by atoms with Crippen molar-refractivity contribution < 1.29 is 4.79 Å². The normalized spacial score (nSPS) is 17.0. The first kappa shape index (κ1) is 26.2. The molecule has 0 saturated carbocycles. The van der Waals surface area contributed by atoms with E-state index in [1.54, 1.807) is 0 Å². The monoisotopic (exact) mass is 552 g/mol. The molecule has 1 fully saturated rings. The van der Waals surface area contributed by atoms with Crippen LogP contribution in [0.15, 0.2) is 47.6 Å². The number of nitrogens with one attached hydrogen (secondary N) is 1. The van der Waals surface area contributed by atoms with Gasteiger partial charge >= 0.3 is 0 Å². The molecular formula is C24H37IN6O. The SMILES string of the molecule is CCNC(=NCc1cccc(CN2CCCC(C(N)=O)C2)c1)N(C)Cc1cccn1C.I. The van der Waals surface area contributed by atoms with Gasteiger partial charge in [0.25, 0.3) is 0 Å². The van der Waals surface area contributed by atoms with Crippen LogP contribution in [-0.2, 0) is 31.5 Å². The largest absolute Gasteiger partial charge is 0.369 e. The van der Waals surface area contributed by atoms with Crippen LogP contribution in [0.3, 0.4) is 0 Å². The van der Waals surface area contributed by atoms with Crippen molar-refractivity contribution in [2.24, 2.45) is 23.7 Å². The zero-order valence-electron chi connectivity index (χ0n) is 19.5. The smallest absolute Gasteiger partial charge is 0.221 e. The summed E-state index contributed by atoms with van der Waals surface area (Å²) in [5.74, 6) is 0.696. The van der Waals surface area contributed by atoms with Gasteiger partial charge in [0, 0.05) is 45.6 Å². The molecule has 176 valence electrons. The molecule has 32 heavy (non-hydrogen) atoms. The number of likely N-dealkylation sites (tertiary alicyclic amines) is 1. The van der Waals surface area contributed by atoms with Gasteiger partial charge in [-0.2, -0.15) is 0 Å². The summed E-state index contributed by atoms with van der Waals surface area (Å²) in [7, 11) is 4.13. The van der Waals surface area contributed by atoms with Crippen LogP contribution >= 0.6 is 24.0 Å². The highest BCUT2D eigenvalue weighted by atomic mass is 127. The zero-order chi connectivity index (χ0) is 22.2. The van der Waals surface area contributed by atoms with Gasteiger partial charge in [-0.15, -0.1) is 24.0 Å². The lowest BCUT2D eigenvalue weighted by Gasteiger charge is -2.31. The second-order valence-corrected chi connectivity index (χ2v) is 8.43. The number of nitrogens with zero attached hydrogens (tertiary/aromatic N) is 4. The van der Waals surface area contributed by atoms with Crippen molar-refractivity contribution in [3.63, 3.8) is 0 Å². The molecule has 1 aliphatic heterocycles. The van der Waals surface area contributed by atoms with E-state index in [2.05, 4.69) is 83.3 Å². The summed E-state index contributed by atoms with van der Waals surface area (Å²) in [6.45, 7) is 6.95. The van der Waals surface area contributed by atoms with E-state index in [9.17, 15) is 4.79 Å². The van der Waals surface area contributed by atoms with E-state index in [0.717, 1.165) is 51.5 Å². The van der Waals surface area contributed by atoms with Gasteiger partial charge in [0.05, 0.1) is 19.0 Å². The molecule has 2 heterocycles. The van der Waals surface area contributed by atoms with Crippen LogP contribution in [0.4, 0.5) is 0 Å². The number of hydrogen-bond acceptors (Lipinski definition) is 3. The second kappa shape index (κ2) is 12.8. The fourth-order valence-corrected chi connectivity index (χ4v) is 4.13. The first-order chi connectivity index (χ1) is 15.0. The van der Waals surface area contributed by atoms with Crippen molar-refractivity contribution in [2.75, 3.05) is 26.7 Å². The fourth-order valence-electron chi connectivity index (χ4n) is 4.13. The lowest BCUT2D eigenvalue weighted by atomic mass is 9.97. The van der Waals surface area contributed by atoms with E-state index in [1.807, 2.05) is 0 Å². The van der Waals surface area contributed by atoms with Gasteiger partial charge in [-0.3, -0.25) is 9.69 Å². The first-order valence-electron chi connectivity index (χ1n) is 11.2. The second-order valence-electron chi connectivity index (χ2n) is 8.43. The van der Waals surface area contributed by atoms with Crippen molar-refractivity contribution in [3.05, 3.63) is 59.4 Å². The molecule has 0 bridgehead atoms. The maximum absolute atomic E-state index is 11.6. The molecule has 1 aromatic carbocycles. The number of amides is 1. The molecule has 8 heteroatoms. The Labute approximate surface area is 209 Å². The minimum Gasteiger partial charge on any atom is -0.369 e. The van der Waals surface area contributed by atoms with E-state index in [-0.39, 0.29) is 35.8 Å². The third kappa shape index (κ3) is 7.51. The number of aromatic nitrogens is 1. The molecular weight excluding hydrogens is 515 g/mol. The molecule has 3 rings (SSSR count). The van der Waals surface area contributed by atoms with Crippen LogP contribution in [0.25, 0.3) is 0 Å². The molecule has 1 amide bonds. The molecule has 1 aliphatic rings. The lowest BCUT2D eigenvalue weighted by molar-refractivity contribution is -0.123. The average molecular weight is 553 g/mol. The number of primary amides is 1. The molecule has 0 radical (unpaired) electrons. The summed E-state index contributed by atoms with van der Waals surface area (Å²) >= 11 is 0. The van der Waals surface area contributed by atoms with Crippen LogP contribution in [-0.4, -0.2) is 52.9 Å². The van der Waals surface area contributed by atoms with Crippen molar-refractivity contribution in [2.45, 2.75) is 39.4 Å². The molecule has 2 aromatic rings. The Morgan fingerprint density at radius 1 is 1.28 bits per heavy atom. The van der Waals surface area contributed by atoms with Crippen LogP contribution in [0.5, 0.6) is 0 Å². The third-order valence-electron chi connectivity index (χ3n) is 5.86. The number of carbonyl (C=O) groups is 1. The number of aliphatic imine (C=N–C) groups is 1. The van der Waals surface area contributed by atoms with E-state index < -0.39 is 0 Å². The number of nitrogens with two attached hydrogens (primary N) is 1. The summed E-state index contributed by atoms with van der Waals surface area (Å²) < 4.78 is 2.13. The Bertz CT molecular complexity index is 896. The molecule has 1 atom stereocenters. The summed E-state index contributed by atoms with van der Waals surface area (Å²) in [4.78, 5) is 20.9. The highest BCUT2D eigenvalue weighted by Gasteiger charge is 2.23. The van der Waals surface area contributed by atoms with Gasteiger partial charge in [-0.1, -0.05) is 24.3 Å². The van der Waals surface area contributed by atoms with Gasteiger partial charge in [0.1, 0.15) is 0 Å². The van der Waals surface area contributed by atoms with E-state index in [0.29, 0.717) is 6.54 Å². The Kier molecular flexibility index (Phi) is 10.5. The minimum atomic E-state index is -0.178. The number of aryl methyl sites for hydroxylation is 1. The van der Waals surface area contributed by atoms with Crippen LogP contribution in [0.1, 0.15) is 36.6 Å². The minimum absolute atomic E-state index is 0. The maximum Gasteiger partial charge on any atom is 0.221 e. The van der Waals surface area contributed by atoms with Crippen molar-refractivity contribution in [3.8, 4) is 0 Å². The van der Waals surface area contributed by atoms with Crippen molar-refractivity contribution >= 4 is 35.8 Å². The van der Waals surface area contributed by atoms with Gasteiger partial charge in [-0.05, 0) is 49.6 Å². The highest BCUT2D eigenvalue weighted by molar-refractivity contribution is 14.0. The summed E-state index contributed by atoms with van der Waals surface area (Å²) in [5, 5.41) is 3.39. The number of piperidine rings is 1. The molecule has 1 unspecified atom stereocenters. The number of guanidine groups is 1. The van der Waals surface area contributed by atoms with Crippen LogP contribution in [0, 0.1) is 5.92 Å². The quantitative estimate of drug-likeness (QED) is 0.300. The Balaban J connectivity index is 0.00000363. The number of hydrogen-bond donors (Lipinski definition) is 2. The van der Waals surface area contributed by atoms with E-state index in [4.69, 9.17) is 10.7 Å². The molecule has 1 saturated heterocycles. The summed E-state index contributed by atoms with van der Waals surface area (Å²) in [6.07, 6.45) is 3.99. The molecule has 0 aliphatic carbocycles. The number of carbonyl (C=O) groups excluding carboxylic acids is 1. The molecule has 0 spiro atoms. The predicted molar refractivity (Wildman–Crippen MR) is 141 cm³/mol. The van der Waals surface area contributed by atoms with Crippen LogP contribution < -0.4 is 11.1 Å². The Hall–Kier alpha value is -2.07. The van der Waals surface area contributed by atoms with E-state index in [1.165, 1.54) is 16.8 Å². The van der Waals surface area contributed by atoms with Gasteiger partial charge in [0.2, 0.25) is 5.91 Å². The average Bonchev–Trinajstić information content (AvgIpc) is 3.15. The zero-order valence-corrected chi connectivity index (χ0v) is 21.8. The third-order valence-corrected chi connectivity index (χ3v) is 5.86. The Morgan fingerprint density at radius 2 is 2.06 bits per heavy atom. The van der Waals surface area contributed by atoms with Gasteiger partial charge in [0.15, 0.2) is 5.96 Å². The molecule has 1 aromatic heterocycles. The van der Waals surface area contributed by atoms with Gasteiger partial charge < -0.3 is 20.5 Å². The molecule has 3 N–H and O–H groups in total. The van der Waals surface area contributed by atoms with Gasteiger partial charge in [-0.25, -0.2) is 4.99 Å². The number of rotatable bonds is 8. The standard InChI is InChI=1S/C24H36N6O.HI/c1-4-26-24(29(3)18-22-11-7-12-28(22)2)27-15-19-8-5-9-20(14-19)16-30-13-6-10-21(17-30)23(25)31;/h5,7-9,11-12,14,21H,4,6,10,13,15-18H2,1-3H3,(H2,25,31)(H,26,27);1H. The molecule has 7 nitrogen and oxygen atoms in total. The fraction of sp³-hybridized carbons (Fsp3) is 0.500. The Morgan fingerprint density at radius 3 is 2.75 bits per heavy atom. The van der Waals surface area contributed by atoms with Crippen molar-refractivity contribution in [1.29, 1.82) is 0 Å². The number of halogens is 1. The van der Waals surface area contributed by atoms with E-state index >= 15 is 0 Å². The highest BCUT2D eigenvalue weighted by Crippen LogP contribution is 2.19. The topological polar surface area (TPSA) is 78.9 Å². The predicted octanol–water partition coefficient (Wildman–Crippen LogP) is 2.94.